The average molecular weight is 430 g/mol. The van der Waals surface area contributed by atoms with Crippen LogP contribution in [0, 0.1) is 11.8 Å². The van der Waals surface area contributed by atoms with Crippen molar-refractivity contribution in [3.05, 3.63) is 0 Å². The maximum Gasteiger partial charge on any atom is 0.217 e. The molecule has 1 saturated carbocycles. The van der Waals surface area contributed by atoms with E-state index in [4.69, 9.17) is 0 Å². The maximum atomic E-state index is 13.2. The Hall–Kier alpha value is -0.330. The lowest BCUT2D eigenvalue weighted by molar-refractivity contribution is 0.0873. The van der Waals surface area contributed by atoms with Gasteiger partial charge in [-0.3, -0.25) is 10.9 Å². The molecule has 5 N–H and O–H groups in total. The molecule has 3 aliphatic heterocycles. The van der Waals surface area contributed by atoms with E-state index in [9.17, 15) is 8.42 Å². The Morgan fingerprint density at radius 3 is 2.76 bits per heavy atom. The zero-order valence-corrected chi connectivity index (χ0v) is 18.8. The molecule has 4 aliphatic rings. The first kappa shape index (κ1) is 21.9. The number of hydrogen-bond acceptors (Lipinski definition) is 8. The zero-order chi connectivity index (χ0) is 20.6. The summed E-state index contributed by atoms with van der Waals surface area (Å²) in [6.45, 7) is 5.17. The first-order chi connectivity index (χ1) is 13.9. The van der Waals surface area contributed by atoms with Gasteiger partial charge in [0.15, 0.2) is 0 Å². The van der Waals surface area contributed by atoms with Crippen molar-refractivity contribution in [2.45, 2.75) is 68.6 Å². The Morgan fingerprint density at radius 1 is 1.14 bits per heavy atom. The first-order valence-corrected chi connectivity index (χ1v) is 12.8. The van der Waals surface area contributed by atoms with E-state index in [0.717, 1.165) is 38.8 Å². The van der Waals surface area contributed by atoms with Crippen molar-refractivity contribution in [1.82, 2.24) is 36.2 Å². The SMILES string of the molecule is CN[C@@H](C)C1CCNC(N2CC(S(=O)(=O)NC3CCCC4CNN(C)C43)CN2)C1. The van der Waals surface area contributed by atoms with Crippen LogP contribution in [0.1, 0.15) is 39.0 Å². The summed E-state index contributed by atoms with van der Waals surface area (Å²) in [5.41, 5.74) is 6.74. The Balaban J connectivity index is 1.35. The Morgan fingerprint density at radius 2 is 1.97 bits per heavy atom. The molecule has 3 heterocycles. The third kappa shape index (κ3) is 4.64. The predicted molar refractivity (Wildman–Crippen MR) is 114 cm³/mol. The van der Waals surface area contributed by atoms with Crippen LogP contribution in [0.3, 0.4) is 0 Å². The second kappa shape index (κ2) is 9.04. The Bertz CT molecular complexity index is 661. The van der Waals surface area contributed by atoms with Gasteiger partial charge in [-0.15, -0.1) is 0 Å². The van der Waals surface area contributed by atoms with E-state index < -0.39 is 15.3 Å². The van der Waals surface area contributed by atoms with Gasteiger partial charge < -0.3 is 10.6 Å². The van der Waals surface area contributed by atoms with Crippen molar-refractivity contribution >= 4 is 10.0 Å². The number of likely N-dealkylation sites (N-methyl/N-ethyl adjacent to an activating group) is 1. The van der Waals surface area contributed by atoms with E-state index in [1.54, 1.807) is 0 Å². The minimum absolute atomic E-state index is 0.00136. The summed E-state index contributed by atoms with van der Waals surface area (Å²) in [5, 5.41) is 10.8. The molecule has 4 fully saturated rings. The number of piperidine rings is 1. The Labute approximate surface area is 175 Å². The summed E-state index contributed by atoms with van der Waals surface area (Å²) < 4.78 is 29.5. The maximum absolute atomic E-state index is 13.2. The molecule has 6 unspecified atom stereocenters. The van der Waals surface area contributed by atoms with Crippen molar-refractivity contribution < 1.29 is 8.42 Å². The monoisotopic (exact) mass is 429 g/mol. The van der Waals surface area contributed by atoms with Crippen LogP contribution in [-0.2, 0) is 10.0 Å². The van der Waals surface area contributed by atoms with Crippen LogP contribution >= 0.6 is 0 Å². The third-order valence-electron chi connectivity index (χ3n) is 7.67. The quantitative estimate of drug-likeness (QED) is 0.367. The molecular weight excluding hydrogens is 390 g/mol. The molecule has 0 aromatic heterocycles. The minimum Gasteiger partial charge on any atom is -0.317 e. The smallest absolute Gasteiger partial charge is 0.217 e. The van der Waals surface area contributed by atoms with Gasteiger partial charge in [-0.2, -0.15) is 0 Å². The standard InChI is InChI=1S/C19H39N7O2S/c1-13(20-2)14-7-8-21-18(9-14)26-12-16(11-23-26)29(27,28)24-17-6-4-5-15-10-22-25(3)19(15)17/h13-24H,4-12H2,1-3H3/t13-,14?,15?,16?,17?,18?,19?/m0/s1. The van der Waals surface area contributed by atoms with Gasteiger partial charge in [0.25, 0.3) is 0 Å². The van der Waals surface area contributed by atoms with E-state index in [0.29, 0.717) is 31.0 Å². The lowest BCUT2D eigenvalue weighted by Crippen LogP contribution is -2.56. The molecule has 0 aromatic rings. The highest BCUT2D eigenvalue weighted by Crippen LogP contribution is 2.31. The fourth-order valence-corrected chi connectivity index (χ4v) is 7.27. The number of nitrogens with zero attached hydrogens (tertiary/aromatic N) is 2. The van der Waals surface area contributed by atoms with Gasteiger partial charge in [0, 0.05) is 44.8 Å². The van der Waals surface area contributed by atoms with Gasteiger partial charge in [-0.25, -0.2) is 23.2 Å². The number of nitrogens with one attached hydrogen (secondary N) is 5. The van der Waals surface area contributed by atoms with Crippen LogP contribution in [0.4, 0.5) is 0 Å². The summed E-state index contributed by atoms with van der Waals surface area (Å²) in [5.74, 6) is 1.14. The fraction of sp³-hybridized carbons (Fsp3) is 1.00. The van der Waals surface area contributed by atoms with Gasteiger partial charge in [0.2, 0.25) is 10.0 Å². The number of hydrazine groups is 2. The van der Waals surface area contributed by atoms with E-state index in [1.165, 1.54) is 6.42 Å². The largest absolute Gasteiger partial charge is 0.317 e. The first-order valence-electron chi connectivity index (χ1n) is 11.3. The van der Waals surface area contributed by atoms with Crippen LogP contribution in [0.15, 0.2) is 0 Å². The van der Waals surface area contributed by atoms with E-state index in [1.807, 2.05) is 14.1 Å². The minimum atomic E-state index is -3.38. The van der Waals surface area contributed by atoms with Gasteiger partial charge >= 0.3 is 0 Å². The van der Waals surface area contributed by atoms with Crippen molar-refractivity contribution in [2.24, 2.45) is 11.8 Å². The summed E-state index contributed by atoms with van der Waals surface area (Å²) in [4.78, 5) is 0. The van der Waals surface area contributed by atoms with Crippen molar-refractivity contribution in [3.63, 3.8) is 0 Å². The van der Waals surface area contributed by atoms with E-state index in [-0.39, 0.29) is 18.2 Å². The fourth-order valence-electron chi connectivity index (χ4n) is 5.74. The summed E-state index contributed by atoms with van der Waals surface area (Å²) in [6, 6.07) is 0.730. The summed E-state index contributed by atoms with van der Waals surface area (Å²) in [6.07, 6.45) is 5.56. The molecule has 9 nitrogen and oxygen atoms in total. The molecular formula is C19H39N7O2S. The van der Waals surface area contributed by atoms with Crippen molar-refractivity contribution in [3.8, 4) is 0 Å². The summed E-state index contributed by atoms with van der Waals surface area (Å²) in [7, 11) is 0.670. The normalized spacial score (nSPS) is 40.8. The van der Waals surface area contributed by atoms with Crippen LogP contribution < -0.4 is 26.2 Å². The molecule has 0 bridgehead atoms. The molecule has 0 amide bonds. The van der Waals surface area contributed by atoms with Crippen LogP contribution in [-0.4, -0.2) is 88.3 Å². The predicted octanol–water partition coefficient (Wildman–Crippen LogP) is -0.984. The highest BCUT2D eigenvalue weighted by atomic mass is 32.2. The number of sulfonamides is 1. The molecule has 10 heteroatoms. The molecule has 4 rings (SSSR count). The molecule has 3 saturated heterocycles. The van der Waals surface area contributed by atoms with Crippen LogP contribution in [0.25, 0.3) is 0 Å². The second-order valence-corrected chi connectivity index (χ2v) is 11.4. The van der Waals surface area contributed by atoms with Crippen molar-refractivity contribution in [1.29, 1.82) is 0 Å². The summed E-state index contributed by atoms with van der Waals surface area (Å²) >= 11 is 0. The van der Waals surface area contributed by atoms with Gasteiger partial charge in [-0.05, 0) is 58.0 Å². The van der Waals surface area contributed by atoms with Gasteiger partial charge in [0.1, 0.15) is 5.25 Å². The topological polar surface area (TPSA) is 101 Å². The van der Waals surface area contributed by atoms with Crippen LogP contribution in [0.2, 0.25) is 0 Å². The molecule has 0 radical (unpaired) electrons. The molecule has 0 spiro atoms. The number of rotatable bonds is 6. The van der Waals surface area contributed by atoms with Gasteiger partial charge in [-0.1, -0.05) is 6.42 Å². The molecule has 0 aromatic carbocycles. The number of hydrogen-bond donors (Lipinski definition) is 5. The molecule has 29 heavy (non-hydrogen) atoms. The number of fused-ring (bicyclic) bond motifs is 1. The van der Waals surface area contributed by atoms with Gasteiger partial charge in [0.05, 0.1) is 6.17 Å². The highest BCUT2D eigenvalue weighted by molar-refractivity contribution is 7.90. The molecule has 168 valence electrons. The van der Waals surface area contributed by atoms with E-state index in [2.05, 4.69) is 43.1 Å². The highest BCUT2D eigenvalue weighted by Gasteiger charge is 2.44. The lowest BCUT2D eigenvalue weighted by Gasteiger charge is -2.38. The lowest BCUT2D eigenvalue weighted by atomic mass is 9.82. The Kier molecular flexibility index (Phi) is 6.82. The van der Waals surface area contributed by atoms with Crippen molar-refractivity contribution in [2.75, 3.05) is 40.3 Å². The second-order valence-electron chi connectivity index (χ2n) is 9.39. The average Bonchev–Trinajstić information content (AvgIpc) is 3.36. The third-order valence-corrected chi connectivity index (χ3v) is 9.50. The van der Waals surface area contributed by atoms with Crippen LogP contribution in [0.5, 0.6) is 0 Å². The molecule has 1 aliphatic carbocycles. The zero-order valence-electron chi connectivity index (χ0n) is 18.0. The molecule has 7 atom stereocenters. The van der Waals surface area contributed by atoms with E-state index >= 15 is 0 Å².